The first kappa shape index (κ1) is 37.9. The number of carboxylic acids is 1. The average molecular weight is 693 g/mol. The molecule has 6 N–H and O–H groups in total. The van der Waals surface area contributed by atoms with Gasteiger partial charge in [-0.05, 0) is 111 Å². The van der Waals surface area contributed by atoms with Crippen LogP contribution in [-0.2, 0) is 28.6 Å². The fourth-order valence-corrected chi connectivity index (χ4v) is 11.1. The van der Waals surface area contributed by atoms with Crippen LogP contribution >= 0.6 is 0 Å². The zero-order valence-corrected chi connectivity index (χ0v) is 29.8. The van der Waals surface area contributed by atoms with Gasteiger partial charge < -0.3 is 44.8 Å². The minimum absolute atomic E-state index is 0.0972. The third-order valence-electron chi connectivity index (χ3n) is 13.6. The predicted molar refractivity (Wildman–Crippen MR) is 175 cm³/mol. The van der Waals surface area contributed by atoms with E-state index in [0.29, 0.717) is 31.3 Å². The Morgan fingerprint density at radius 2 is 1.57 bits per heavy atom. The lowest BCUT2D eigenvalue weighted by atomic mass is 9.36. The minimum Gasteiger partial charge on any atom is -0.479 e. The monoisotopic (exact) mass is 692 g/mol. The summed E-state index contributed by atoms with van der Waals surface area (Å²) in [5.41, 5.74) is 0.576. The number of aliphatic hydroxyl groups is 5. The molecule has 12 nitrogen and oxygen atoms in total. The molecule has 1 heterocycles. The summed E-state index contributed by atoms with van der Waals surface area (Å²) in [6, 6.07) is 0. The van der Waals surface area contributed by atoms with Gasteiger partial charge >= 0.3 is 17.9 Å². The van der Waals surface area contributed by atoms with Crippen LogP contribution in [0.15, 0.2) is 22.8 Å². The topological polar surface area (TPSA) is 200 Å². The third kappa shape index (κ3) is 6.28. The number of aliphatic hydroxyl groups excluding tert-OH is 5. The van der Waals surface area contributed by atoms with Crippen molar-refractivity contribution in [1.82, 2.24) is 0 Å². The Kier molecular flexibility index (Phi) is 10.6. The van der Waals surface area contributed by atoms with Crippen LogP contribution in [0.5, 0.6) is 0 Å². The maximum atomic E-state index is 14.2. The lowest BCUT2D eigenvalue weighted by Crippen LogP contribution is -2.65. The van der Waals surface area contributed by atoms with Crippen LogP contribution in [0.2, 0.25) is 0 Å². The van der Waals surface area contributed by atoms with Crippen LogP contribution in [-0.4, -0.2) is 97.6 Å². The molecule has 0 radical (unpaired) electrons. The van der Waals surface area contributed by atoms with Crippen molar-refractivity contribution < 1.29 is 59.2 Å². The Morgan fingerprint density at radius 1 is 0.898 bits per heavy atom. The van der Waals surface area contributed by atoms with E-state index in [1.54, 1.807) is 0 Å². The van der Waals surface area contributed by atoms with Crippen LogP contribution in [0.1, 0.15) is 99.8 Å². The van der Waals surface area contributed by atoms with E-state index < -0.39 is 71.7 Å². The van der Waals surface area contributed by atoms with Crippen molar-refractivity contribution >= 4 is 17.9 Å². The highest BCUT2D eigenvalue weighted by Gasteiger charge is 2.71. The number of carbonyl (C=O) groups is 3. The second kappa shape index (κ2) is 13.7. The molecule has 0 bridgehead atoms. The second-order valence-electron chi connectivity index (χ2n) is 16.5. The SMILES string of the molecule is CC(=O)OC1CC2(C)C(CC(O)C3C4(C)CCC(O)C(C)C4CCC32C)/C1=C(\CCC=C(C)C)C(=O)OC1OC(C(=O)O)C(O)C(O)C1O. The highest BCUT2D eigenvalue weighted by molar-refractivity contribution is 5.90. The van der Waals surface area contributed by atoms with Crippen molar-refractivity contribution in [3.8, 4) is 0 Å². The summed E-state index contributed by atoms with van der Waals surface area (Å²) in [5.74, 6) is -3.20. The summed E-state index contributed by atoms with van der Waals surface area (Å²) in [6.07, 6.45) is -5.24. The number of carbonyl (C=O) groups excluding carboxylic acids is 2. The quantitative estimate of drug-likeness (QED) is 0.130. The number of allylic oxidation sites excluding steroid dienone is 2. The van der Waals surface area contributed by atoms with E-state index in [-0.39, 0.29) is 47.2 Å². The van der Waals surface area contributed by atoms with E-state index in [9.17, 15) is 45.0 Å². The van der Waals surface area contributed by atoms with E-state index >= 15 is 0 Å². The fourth-order valence-electron chi connectivity index (χ4n) is 11.1. The Morgan fingerprint density at radius 3 is 2.18 bits per heavy atom. The molecule has 5 fully saturated rings. The normalized spacial score (nSPS) is 47.2. The molecule has 0 aromatic heterocycles. The summed E-state index contributed by atoms with van der Waals surface area (Å²) < 4.78 is 16.9. The van der Waals surface area contributed by atoms with Gasteiger partial charge in [0.2, 0.25) is 6.29 Å². The van der Waals surface area contributed by atoms with Crippen LogP contribution in [0.4, 0.5) is 0 Å². The molecule has 5 aliphatic rings. The molecule has 15 atom stereocenters. The van der Waals surface area contributed by atoms with Gasteiger partial charge in [0.15, 0.2) is 6.10 Å². The molecule has 276 valence electrons. The Bertz CT molecular complexity index is 1370. The molecule has 1 saturated heterocycles. The van der Waals surface area contributed by atoms with Gasteiger partial charge in [-0.3, -0.25) is 4.79 Å². The maximum absolute atomic E-state index is 14.2. The lowest BCUT2D eigenvalue weighted by Gasteiger charge is -2.69. The van der Waals surface area contributed by atoms with E-state index in [4.69, 9.17) is 14.2 Å². The molecule has 49 heavy (non-hydrogen) atoms. The second-order valence-corrected chi connectivity index (χ2v) is 16.5. The molecule has 4 saturated carbocycles. The van der Waals surface area contributed by atoms with Crippen molar-refractivity contribution in [3.63, 3.8) is 0 Å². The summed E-state index contributed by atoms with van der Waals surface area (Å²) in [5, 5.41) is 63.7. The van der Waals surface area contributed by atoms with Crippen LogP contribution in [0, 0.1) is 39.9 Å². The van der Waals surface area contributed by atoms with E-state index in [1.807, 2.05) is 19.9 Å². The molecule has 1 aliphatic heterocycles. The largest absolute Gasteiger partial charge is 0.479 e. The zero-order valence-electron chi connectivity index (χ0n) is 29.8. The number of fused-ring (bicyclic) bond motifs is 5. The molecule has 0 aromatic carbocycles. The van der Waals surface area contributed by atoms with Crippen LogP contribution < -0.4 is 0 Å². The van der Waals surface area contributed by atoms with E-state index in [0.717, 1.165) is 24.8 Å². The van der Waals surface area contributed by atoms with Gasteiger partial charge in [0.1, 0.15) is 24.4 Å². The van der Waals surface area contributed by atoms with Gasteiger partial charge in [-0.15, -0.1) is 0 Å². The van der Waals surface area contributed by atoms with Crippen molar-refractivity contribution in [2.45, 2.75) is 149 Å². The van der Waals surface area contributed by atoms with Gasteiger partial charge in [-0.2, -0.15) is 0 Å². The number of hydrogen-bond donors (Lipinski definition) is 6. The maximum Gasteiger partial charge on any atom is 0.336 e. The van der Waals surface area contributed by atoms with E-state index in [1.165, 1.54) is 6.92 Å². The standard InChI is InChI=1S/C37H56O12/c1-17(2)9-8-10-20(33(46)49-34-29(43)27(41)28(42)30(48-34)32(44)45)26-22-15-24(40)31-35(5)13-12-23(39)18(3)21(35)11-14-36(31,6)37(22,7)16-25(26)47-19(4)38/h9,18,21-25,27-31,34,39-43H,8,10-16H2,1-7H3,(H,44,45)/b26-20-. The molecule has 15 unspecified atom stereocenters. The number of rotatable bonds is 7. The van der Waals surface area contributed by atoms with Crippen LogP contribution in [0.3, 0.4) is 0 Å². The number of carboxylic acid groups (broad SMARTS) is 1. The Labute approximate surface area is 288 Å². The van der Waals surface area contributed by atoms with Gasteiger partial charge in [-0.1, -0.05) is 39.3 Å². The summed E-state index contributed by atoms with van der Waals surface area (Å²) >= 11 is 0. The van der Waals surface area contributed by atoms with Crippen LogP contribution in [0.25, 0.3) is 0 Å². The first-order chi connectivity index (χ1) is 22.8. The third-order valence-corrected chi connectivity index (χ3v) is 13.6. The first-order valence-corrected chi connectivity index (χ1v) is 17.8. The molecular weight excluding hydrogens is 636 g/mol. The highest BCUT2D eigenvalue weighted by Crippen LogP contribution is 2.74. The van der Waals surface area contributed by atoms with Gasteiger partial charge in [0.25, 0.3) is 0 Å². The Hall–Kier alpha value is -2.35. The van der Waals surface area contributed by atoms with Gasteiger partial charge in [-0.25, -0.2) is 9.59 Å². The summed E-state index contributed by atoms with van der Waals surface area (Å²) in [4.78, 5) is 38.6. The molecule has 0 amide bonds. The van der Waals surface area contributed by atoms with Gasteiger partial charge in [0.05, 0.1) is 12.2 Å². The molecular formula is C37H56O12. The molecule has 4 aliphatic carbocycles. The predicted octanol–water partition coefficient (Wildman–Crippen LogP) is 3.02. The number of esters is 2. The number of ether oxygens (including phenoxy) is 3. The summed E-state index contributed by atoms with van der Waals surface area (Å²) in [7, 11) is 0. The number of aliphatic carboxylic acids is 1. The highest BCUT2D eigenvalue weighted by atomic mass is 16.7. The summed E-state index contributed by atoms with van der Waals surface area (Å²) in [6.45, 7) is 13.9. The molecule has 0 spiro atoms. The minimum atomic E-state index is -1.96. The average Bonchev–Trinajstić information content (AvgIpc) is 3.28. The first-order valence-electron chi connectivity index (χ1n) is 17.8. The number of hydrogen-bond acceptors (Lipinski definition) is 11. The smallest absolute Gasteiger partial charge is 0.336 e. The zero-order chi connectivity index (χ0) is 36.4. The molecule has 5 rings (SSSR count). The molecule has 12 heteroatoms. The van der Waals surface area contributed by atoms with E-state index in [2.05, 4.69) is 27.7 Å². The lowest BCUT2D eigenvalue weighted by molar-refractivity contribution is -0.285. The fraction of sp³-hybridized carbons (Fsp3) is 0.811. The van der Waals surface area contributed by atoms with Crippen molar-refractivity contribution in [1.29, 1.82) is 0 Å². The van der Waals surface area contributed by atoms with Gasteiger partial charge in [0, 0.05) is 12.5 Å². The molecule has 0 aromatic rings. The Balaban J connectivity index is 1.59. The van der Waals surface area contributed by atoms with Crippen molar-refractivity contribution in [2.75, 3.05) is 0 Å². The van der Waals surface area contributed by atoms with Crippen molar-refractivity contribution in [2.24, 2.45) is 39.9 Å². The van der Waals surface area contributed by atoms with Crippen molar-refractivity contribution in [3.05, 3.63) is 22.8 Å².